The van der Waals surface area contributed by atoms with E-state index in [1.165, 1.54) is 6.20 Å². The average molecular weight is 395 g/mol. The maximum atomic E-state index is 12.9. The first kappa shape index (κ1) is 18.1. The van der Waals surface area contributed by atoms with Gasteiger partial charge in [-0.25, -0.2) is 4.52 Å². The molecule has 0 spiro atoms. The lowest BCUT2D eigenvalue weighted by atomic mass is 10.2. The maximum Gasteiger partial charge on any atom is 0.274 e. The Kier molecular flexibility index (Phi) is 4.75. The van der Waals surface area contributed by atoms with Crippen molar-refractivity contribution in [2.45, 2.75) is 13.1 Å². The molecular formula is C20H19ClN6O. The smallest absolute Gasteiger partial charge is 0.274 e. The van der Waals surface area contributed by atoms with Crippen molar-refractivity contribution in [3.8, 4) is 0 Å². The molecule has 0 aromatic carbocycles. The molecule has 142 valence electrons. The maximum absolute atomic E-state index is 12.9. The molecule has 3 aromatic rings. The van der Waals surface area contributed by atoms with E-state index in [1.807, 2.05) is 18.2 Å². The molecule has 0 unspecified atom stereocenters. The van der Waals surface area contributed by atoms with Crippen LogP contribution in [0.3, 0.4) is 0 Å². The molecule has 0 saturated heterocycles. The summed E-state index contributed by atoms with van der Waals surface area (Å²) in [5.41, 5.74) is 9.95. The second kappa shape index (κ2) is 7.36. The van der Waals surface area contributed by atoms with Crippen molar-refractivity contribution in [2.24, 2.45) is 10.7 Å². The molecule has 1 aliphatic rings. The lowest BCUT2D eigenvalue weighted by molar-refractivity contribution is 0.0704. The third kappa shape index (κ3) is 3.32. The minimum absolute atomic E-state index is 0.101. The molecule has 0 aliphatic carbocycles. The van der Waals surface area contributed by atoms with Crippen LogP contribution in [0.2, 0.25) is 5.02 Å². The van der Waals surface area contributed by atoms with Gasteiger partial charge in [-0.05, 0) is 36.4 Å². The first-order valence-electron chi connectivity index (χ1n) is 8.79. The van der Waals surface area contributed by atoms with Crippen LogP contribution in [0.5, 0.6) is 0 Å². The van der Waals surface area contributed by atoms with Crippen LogP contribution in [0.25, 0.3) is 11.2 Å². The molecule has 0 bridgehead atoms. The highest BCUT2D eigenvalue weighted by Crippen LogP contribution is 2.22. The highest BCUT2D eigenvalue weighted by molar-refractivity contribution is 6.30. The Bertz CT molecular complexity index is 1120. The largest absolute Gasteiger partial charge is 0.397 e. The highest BCUT2D eigenvalue weighted by Gasteiger charge is 2.25. The van der Waals surface area contributed by atoms with Crippen molar-refractivity contribution in [3.05, 3.63) is 77.5 Å². The minimum Gasteiger partial charge on any atom is -0.397 e. The summed E-state index contributed by atoms with van der Waals surface area (Å²) in [4.78, 5) is 18.6. The number of halogens is 1. The normalized spacial score (nSPS) is 14.6. The molecule has 4 rings (SSSR count). The summed E-state index contributed by atoms with van der Waals surface area (Å²) >= 11 is 5.99. The number of amides is 1. The van der Waals surface area contributed by atoms with Gasteiger partial charge in [0.2, 0.25) is 0 Å². The molecule has 0 saturated carbocycles. The van der Waals surface area contributed by atoms with Gasteiger partial charge < -0.3 is 15.2 Å². The molecule has 7 nitrogen and oxygen atoms in total. The van der Waals surface area contributed by atoms with E-state index in [9.17, 15) is 4.79 Å². The second-order valence-electron chi connectivity index (χ2n) is 6.44. The number of nitrogens with two attached hydrogens (primary N) is 1. The number of rotatable bonds is 4. The van der Waals surface area contributed by atoms with Crippen molar-refractivity contribution in [1.29, 1.82) is 0 Å². The molecule has 28 heavy (non-hydrogen) atoms. The zero-order valence-electron chi connectivity index (χ0n) is 15.1. The van der Waals surface area contributed by atoms with E-state index in [-0.39, 0.29) is 5.91 Å². The van der Waals surface area contributed by atoms with E-state index in [4.69, 9.17) is 17.3 Å². The molecule has 0 atom stereocenters. The summed E-state index contributed by atoms with van der Waals surface area (Å²) in [7, 11) is 0. The van der Waals surface area contributed by atoms with Crippen LogP contribution in [0, 0.1) is 0 Å². The number of allylic oxidation sites excluding steroid dienone is 1. The van der Waals surface area contributed by atoms with Crippen molar-refractivity contribution in [2.75, 3.05) is 6.54 Å². The quantitative estimate of drug-likeness (QED) is 0.691. The third-order valence-electron chi connectivity index (χ3n) is 4.69. The molecule has 4 heterocycles. The van der Waals surface area contributed by atoms with Crippen LogP contribution in [-0.4, -0.2) is 37.7 Å². The van der Waals surface area contributed by atoms with Crippen molar-refractivity contribution < 1.29 is 4.79 Å². The highest BCUT2D eigenvalue weighted by atomic mass is 35.5. The first-order chi connectivity index (χ1) is 13.6. The van der Waals surface area contributed by atoms with Gasteiger partial charge in [0.25, 0.3) is 5.91 Å². The van der Waals surface area contributed by atoms with Crippen LogP contribution in [0.15, 0.2) is 60.4 Å². The molecule has 3 aromatic heterocycles. The van der Waals surface area contributed by atoms with Gasteiger partial charge in [-0.15, -0.1) is 0 Å². The molecule has 2 N–H and O–H groups in total. The Labute approximate surface area is 167 Å². The summed E-state index contributed by atoms with van der Waals surface area (Å²) < 4.78 is 3.75. The molecule has 1 aliphatic heterocycles. The van der Waals surface area contributed by atoms with E-state index in [2.05, 4.69) is 21.2 Å². The number of aromatic nitrogens is 3. The number of aliphatic imine (C=N–C) groups is 1. The number of pyridine rings is 1. The predicted molar refractivity (Wildman–Crippen MR) is 110 cm³/mol. The Hall–Kier alpha value is -3.32. The van der Waals surface area contributed by atoms with E-state index in [0.29, 0.717) is 36.0 Å². The van der Waals surface area contributed by atoms with Crippen LogP contribution in [0.1, 0.15) is 21.9 Å². The number of carbonyl (C=O) groups excluding carboxylic acids is 1. The van der Waals surface area contributed by atoms with E-state index < -0.39 is 0 Å². The van der Waals surface area contributed by atoms with Gasteiger partial charge in [-0.3, -0.25) is 9.79 Å². The van der Waals surface area contributed by atoms with Gasteiger partial charge in [-0.1, -0.05) is 18.2 Å². The summed E-state index contributed by atoms with van der Waals surface area (Å²) in [6.45, 7) is 5.28. The Morgan fingerprint density at radius 1 is 1.29 bits per heavy atom. The number of nitrogens with zero attached hydrogens (tertiary/aromatic N) is 5. The number of fused-ring (bicyclic) bond motifs is 2. The second-order valence-corrected chi connectivity index (χ2v) is 6.87. The SMILES string of the molecule is C=CN=C/C=C(\N)c1ccc2n1CCN(C(=O)c1cc3ccc(Cl)cn3n1)C2. The fourth-order valence-corrected chi connectivity index (χ4v) is 3.49. The van der Waals surface area contributed by atoms with Gasteiger partial charge in [0.05, 0.1) is 28.5 Å². The van der Waals surface area contributed by atoms with Crippen molar-refractivity contribution in [3.63, 3.8) is 0 Å². The average Bonchev–Trinajstić information content (AvgIpc) is 3.30. The van der Waals surface area contributed by atoms with Crippen LogP contribution in [-0.2, 0) is 13.1 Å². The third-order valence-corrected chi connectivity index (χ3v) is 4.91. The van der Waals surface area contributed by atoms with Gasteiger partial charge in [-0.2, -0.15) is 5.10 Å². The number of hydrogen-bond acceptors (Lipinski definition) is 4. The molecule has 0 radical (unpaired) electrons. The lowest BCUT2D eigenvalue weighted by Crippen LogP contribution is -2.38. The predicted octanol–water partition coefficient (Wildman–Crippen LogP) is 2.96. The monoisotopic (exact) mass is 394 g/mol. The fraction of sp³-hybridized carbons (Fsp3) is 0.150. The van der Waals surface area contributed by atoms with Crippen LogP contribution >= 0.6 is 11.6 Å². The van der Waals surface area contributed by atoms with Crippen molar-refractivity contribution >= 4 is 34.9 Å². The molecule has 0 fully saturated rings. The number of carbonyl (C=O) groups is 1. The molecular weight excluding hydrogens is 376 g/mol. The Morgan fingerprint density at radius 3 is 2.96 bits per heavy atom. The summed E-state index contributed by atoms with van der Waals surface area (Å²) in [5, 5.41) is 4.93. The zero-order chi connectivity index (χ0) is 19.7. The zero-order valence-corrected chi connectivity index (χ0v) is 15.9. The first-order valence-corrected chi connectivity index (χ1v) is 9.17. The van der Waals surface area contributed by atoms with Crippen LogP contribution in [0.4, 0.5) is 0 Å². The minimum atomic E-state index is -0.101. The van der Waals surface area contributed by atoms with Crippen LogP contribution < -0.4 is 5.73 Å². The van der Waals surface area contributed by atoms with Gasteiger partial charge in [0.1, 0.15) is 0 Å². The summed E-state index contributed by atoms with van der Waals surface area (Å²) in [5.74, 6) is -0.101. The lowest BCUT2D eigenvalue weighted by Gasteiger charge is -2.29. The standard InChI is InChI=1S/C20H19ClN6O/c1-2-23-8-7-17(22)19-6-5-16-13-25(9-10-26(16)19)20(28)18-11-15-4-3-14(21)12-27(15)24-18/h2-8,11-12H,1,9-10,13,22H2/b17-7-,23-8?. The van der Waals surface area contributed by atoms with E-state index in [1.54, 1.807) is 40.0 Å². The summed E-state index contributed by atoms with van der Waals surface area (Å²) in [6, 6.07) is 9.34. The molecule has 1 amide bonds. The number of hydrogen-bond donors (Lipinski definition) is 1. The van der Waals surface area contributed by atoms with Gasteiger partial charge in [0.15, 0.2) is 5.69 Å². The van der Waals surface area contributed by atoms with E-state index in [0.717, 1.165) is 16.9 Å². The Balaban J connectivity index is 1.55. The summed E-state index contributed by atoms with van der Waals surface area (Å²) in [6.07, 6.45) is 6.49. The molecule has 8 heteroatoms. The topological polar surface area (TPSA) is 80.9 Å². The van der Waals surface area contributed by atoms with Crippen molar-refractivity contribution in [1.82, 2.24) is 19.1 Å². The van der Waals surface area contributed by atoms with E-state index >= 15 is 0 Å². The Morgan fingerprint density at radius 2 is 2.14 bits per heavy atom. The van der Waals surface area contributed by atoms with Gasteiger partial charge in [0, 0.05) is 37.4 Å². The fourth-order valence-electron chi connectivity index (χ4n) is 3.33. The van der Waals surface area contributed by atoms with Gasteiger partial charge >= 0.3 is 0 Å².